The highest BCUT2D eigenvalue weighted by Gasteiger charge is 2.19. The lowest BCUT2D eigenvalue weighted by Crippen LogP contribution is -2.26. The van der Waals surface area contributed by atoms with Crippen LogP contribution in [0.25, 0.3) is 11.6 Å². The standard InChI is InChI=1S/C20H19FN6O2/c1-11-14(20(29)27-19(25-11)18-23-6-2-7-24-18)9-16(28)26-15-4-3-12-10-22-8-5-13(12)17(15)21/h2-4,6-7,22H,5,8-10H2,1H3,(H,26,28)(H,25,27,29). The van der Waals surface area contributed by atoms with Gasteiger partial charge < -0.3 is 15.6 Å². The highest BCUT2D eigenvalue weighted by Crippen LogP contribution is 2.24. The molecule has 2 aromatic heterocycles. The lowest BCUT2D eigenvalue weighted by molar-refractivity contribution is -0.115. The molecular weight excluding hydrogens is 375 g/mol. The Morgan fingerprint density at radius 2 is 2.07 bits per heavy atom. The van der Waals surface area contributed by atoms with Gasteiger partial charge >= 0.3 is 0 Å². The van der Waals surface area contributed by atoms with Crippen molar-refractivity contribution in [3.05, 3.63) is 69.1 Å². The van der Waals surface area contributed by atoms with Gasteiger partial charge in [-0.25, -0.2) is 19.3 Å². The number of anilines is 1. The van der Waals surface area contributed by atoms with Crippen LogP contribution in [0.3, 0.4) is 0 Å². The maximum atomic E-state index is 14.7. The second-order valence-corrected chi connectivity index (χ2v) is 6.77. The zero-order chi connectivity index (χ0) is 20.4. The summed E-state index contributed by atoms with van der Waals surface area (Å²) < 4.78 is 14.7. The first-order valence-corrected chi connectivity index (χ1v) is 9.21. The van der Waals surface area contributed by atoms with Gasteiger partial charge in [0, 0.05) is 30.2 Å². The molecule has 9 heteroatoms. The number of nitrogens with one attached hydrogen (secondary N) is 3. The van der Waals surface area contributed by atoms with Gasteiger partial charge in [-0.1, -0.05) is 6.07 Å². The Bertz CT molecular complexity index is 1130. The summed E-state index contributed by atoms with van der Waals surface area (Å²) in [6.45, 7) is 2.94. The second-order valence-electron chi connectivity index (χ2n) is 6.77. The zero-order valence-electron chi connectivity index (χ0n) is 15.8. The van der Waals surface area contributed by atoms with Gasteiger partial charge in [0.05, 0.1) is 12.1 Å². The summed E-state index contributed by atoms with van der Waals surface area (Å²) in [4.78, 5) is 39.9. The van der Waals surface area contributed by atoms with Crippen molar-refractivity contribution >= 4 is 11.6 Å². The molecule has 0 atom stereocenters. The Balaban J connectivity index is 1.54. The van der Waals surface area contributed by atoms with Gasteiger partial charge in [0.25, 0.3) is 5.56 Å². The van der Waals surface area contributed by atoms with Gasteiger partial charge in [-0.3, -0.25) is 9.59 Å². The number of hydrogen-bond acceptors (Lipinski definition) is 6. The van der Waals surface area contributed by atoms with E-state index in [-0.39, 0.29) is 29.3 Å². The number of aryl methyl sites for hydroxylation is 1. The summed E-state index contributed by atoms with van der Waals surface area (Å²) >= 11 is 0. The quantitative estimate of drug-likeness (QED) is 0.618. The first kappa shape index (κ1) is 18.9. The van der Waals surface area contributed by atoms with Crippen LogP contribution in [-0.4, -0.2) is 32.4 Å². The fraction of sp³-hybridized carbons (Fsp3) is 0.250. The third-order valence-electron chi connectivity index (χ3n) is 4.82. The van der Waals surface area contributed by atoms with Crippen LogP contribution >= 0.6 is 0 Å². The predicted octanol–water partition coefficient (Wildman–Crippen LogP) is 1.50. The van der Waals surface area contributed by atoms with Crippen LogP contribution < -0.4 is 16.2 Å². The van der Waals surface area contributed by atoms with E-state index in [1.165, 1.54) is 0 Å². The molecule has 148 valence electrons. The zero-order valence-corrected chi connectivity index (χ0v) is 15.8. The summed E-state index contributed by atoms with van der Waals surface area (Å²) in [5.74, 6) is -0.393. The maximum absolute atomic E-state index is 14.7. The molecule has 1 aliphatic rings. The first-order chi connectivity index (χ1) is 14.0. The molecule has 0 saturated carbocycles. The summed E-state index contributed by atoms with van der Waals surface area (Å²) in [6.07, 6.45) is 3.43. The van der Waals surface area contributed by atoms with Gasteiger partial charge in [0.2, 0.25) is 5.91 Å². The van der Waals surface area contributed by atoms with E-state index in [1.807, 2.05) is 0 Å². The number of fused-ring (bicyclic) bond motifs is 1. The molecule has 0 spiro atoms. The molecular formula is C20H19FN6O2. The molecule has 0 unspecified atom stereocenters. The molecule has 0 fully saturated rings. The first-order valence-electron chi connectivity index (χ1n) is 9.21. The van der Waals surface area contributed by atoms with Crippen molar-refractivity contribution < 1.29 is 9.18 Å². The van der Waals surface area contributed by atoms with Crippen LogP contribution in [0, 0.1) is 12.7 Å². The molecule has 3 N–H and O–H groups in total. The highest BCUT2D eigenvalue weighted by molar-refractivity contribution is 5.92. The lowest BCUT2D eigenvalue weighted by atomic mass is 9.99. The molecule has 3 aromatic rings. The van der Waals surface area contributed by atoms with Gasteiger partial charge in [0.1, 0.15) is 5.82 Å². The molecule has 1 aliphatic heterocycles. The van der Waals surface area contributed by atoms with Crippen molar-refractivity contribution in [3.63, 3.8) is 0 Å². The maximum Gasteiger partial charge on any atom is 0.255 e. The largest absolute Gasteiger partial charge is 0.323 e. The van der Waals surface area contributed by atoms with E-state index in [4.69, 9.17) is 0 Å². The summed E-state index contributed by atoms with van der Waals surface area (Å²) in [5.41, 5.74) is 1.78. The van der Waals surface area contributed by atoms with Crippen LogP contribution in [0.15, 0.2) is 35.4 Å². The fourth-order valence-electron chi connectivity index (χ4n) is 3.33. The Labute approximate surface area is 165 Å². The Morgan fingerprint density at radius 3 is 2.83 bits per heavy atom. The highest BCUT2D eigenvalue weighted by atomic mass is 19.1. The normalized spacial score (nSPS) is 13.0. The average molecular weight is 394 g/mol. The van der Waals surface area contributed by atoms with E-state index in [2.05, 4.69) is 30.6 Å². The summed E-state index contributed by atoms with van der Waals surface area (Å²) in [6, 6.07) is 5.00. The number of amides is 1. The van der Waals surface area contributed by atoms with Gasteiger partial charge in [0.15, 0.2) is 11.6 Å². The minimum absolute atomic E-state index is 0.118. The van der Waals surface area contributed by atoms with E-state index in [1.54, 1.807) is 37.5 Å². The fourth-order valence-corrected chi connectivity index (χ4v) is 3.33. The van der Waals surface area contributed by atoms with E-state index in [0.717, 1.165) is 5.56 Å². The van der Waals surface area contributed by atoms with Gasteiger partial charge in [-0.15, -0.1) is 0 Å². The van der Waals surface area contributed by atoms with Crippen LogP contribution in [0.5, 0.6) is 0 Å². The number of H-pyrrole nitrogens is 1. The molecule has 0 bridgehead atoms. The van der Waals surface area contributed by atoms with Crippen molar-refractivity contribution in [1.82, 2.24) is 25.3 Å². The van der Waals surface area contributed by atoms with Crippen molar-refractivity contribution in [2.24, 2.45) is 0 Å². The van der Waals surface area contributed by atoms with Crippen molar-refractivity contribution in [2.75, 3.05) is 11.9 Å². The summed E-state index contributed by atoms with van der Waals surface area (Å²) in [5, 5.41) is 5.75. The smallest absolute Gasteiger partial charge is 0.255 e. The molecule has 8 nitrogen and oxygen atoms in total. The van der Waals surface area contributed by atoms with E-state index in [9.17, 15) is 14.0 Å². The topological polar surface area (TPSA) is 113 Å². The Hall–Kier alpha value is -3.46. The summed E-state index contributed by atoms with van der Waals surface area (Å²) in [7, 11) is 0. The van der Waals surface area contributed by atoms with Crippen LogP contribution in [-0.2, 0) is 24.2 Å². The van der Waals surface area contributed by atoms with Crippen molar-refractivity contribution in [3.8, 4) is 11.6 Å². The third kappa shape index (κ3) is 3.90. The third-order valence-corrected chi connectivity index (χ3v) is 4.82. The predicted molar refractivity (Wildman–Crippen MR) is 105 cm³/mol. The Kier molecular flexibility index (Phi) is 5.13. The van der Waals surface area contributed by atoms with Gasteiger partial charge in [-0.2, -0.15) is 0 Å². The molecule has 4 rings (SSSR count). The van der Waals surface area contributed by atoms with Crippen molar-refractivity contribution in [1.29, 1.82) is 0 Å². The number of nitrogens with zero attached hydrogens (tertiary/aromatic N) is 3. The van der Waals surface area contributed by atoms with E-state index >= 15 is 0 Å². The molecule has 3 heterocycles. The minimum atomic E-state index is -0.489. The number of carbonyl (C=O) groups excluding carboxylic acids is 1. The molecule has 1 aromatic carbocycles. The molecule has 29 heavy (non-hydrogen) atoms. The van der Waals surface area contributed by atoms with Crippen LogP contribution in [0.4, 0.5) is 10.1 Å². The SMILES string of the molecule is Cc1nc(-c2ncccn2)[nH]c(=O)c1CC(=O)Nc1ccc2c(c1F)CCNC2. The molecule has 0 saturated heterocycles. The number of rotatable bonds is 4. The second kappa shape index (κ2) is 7.88. The molecule has 1 amide bonds. The van der Waals surface area contributed by atoms with E-state index in [0.29, 0.717) is 30.8 Å². The minimum Gasteiger partial charge on any atom is -0.323 e. The number of aromatic nitrogens is 4. The number of hydrogen-bond donors (Lipinski definition) is 3. The van der Waals surface area contributed by atoms with E-state index < -0.39 is 17.3 Å². The number of carbonyl (C=O) groups is 1. The monoisotopic (exact) mass is 394 g/mol. The van der Waals surface area contributed by atoms with Crippen LogP contribution in [0.1, 0.15) is 22.4 Å². The van der Waals surface area contributed by atoms with Gasteiger partial charge in [-0.05, 0) is 43.1 Å². The van der Waals surface area contributed by atoms with Crippen molar-refractivity contribution in [2.45, 2.75) is 26.3 Å². The average Bonchev–Trinajstić information content (AvgIpc) is 2.73. The number of benzene rings is 1. The number of aromatic amines is 1. The lowest BCUT2D eigenvalue weighted by Gasteiger charge is -2.19. The number of halogens is 1. The van der Waals surface area contributed by atoms with Crippen LogP contribution in [0.2, 0.25) is 0 Å². The molecule has 0 aliphatic carbocycles. The Morgan fingerprint density at radius 1 is 1.28 bits per heavy atom. The molecule has 0 radical (unpaired) electrons.